The van der Waals surface area contributed by atoms with Gasteiger partial charge in [-0.25, -0.2) is 0 Å². The zero-order chi connectivity index (χ0) is 18.0. The molecule has 0 aromatic heterocycles. The van der Waals surface area contributed by atoms with Crippen LogP contribution in [0.4, 0.5) is 0 Å². The van der Waals surface area contributed by atoms with Crippen LogP contribution < -0.4 is 147 Å². The van der Waals surface area contributed by atoms with Crippen LogP contribution >= 0.6 is 15.4 Å². The number of phosphoric acid groups is 1. The number of hydrogen-bond donors (Lipinski definition) is 2. The molecule has 128 valence electrons. The van der Waals surface area contributed by atoms with Crippen LogP contribution in [-0.2, 0) is 13.9 Å². The van der Waals surface area contributed by atoms with E-state index in [1.807, 2.05) is 0 Å². The van der Waals surface area contributed by atoms with E-state index < -0.39 is 50.3 Å². The standard InChI is InChI=1S/C9H10O12P2.4Na/c10-7(11)4-1-5(3-6(2-4)21-23(17,18)19)20-9(8(12)13)22(14,15)16;;;;/h1-3,9H,(H,10,11)(H,12,13)(H2,14,15,16)(H2,17,18,19);;;;/q;4*+1/p-4. The first kappa shape index (κ1) is 36.4. The molecule has 0 saturated heterocycles. The first-order chi connectivity index (χ1) is 10.3. The molecule has 0 fully saturated rings. The quantitative estimate of drug-likeness (QED) is 0.286. The Balaban J connectivity index is -0.000000661. The van der Waals surface area contributed by atoms with Gasteiger partial charge in [0.1, 0.15) is 11.5 Å². The maximum Gasteiger partial charge on any atom is 1.00 e. The van der Waals surface area contributed by atoms with Gasteiger partial charge in [0.25, 0.3) is 0 Å². The van der Waals surface area contributed by atoms with E-state index in [-0.39, 0.29) is 118 Å². The Labute approximate surface area is 241 Å². The van der Waals surface area contributed by atoms with E-state index in [1.165, 1.54) is 0 Å². The maximum atomic E-state index is 10.9. The molecule has 0 bridgehead atoms. The summed E-state index contributed by atoms with van der Waals surface area (Å²) in [6.07, 6.45) is 0. The van der Waals surface area contributed by atoms with Crippen molar-refractivity contribution in [2.24, 2.45) is 0 Å². The summed E-state index contributed by atoms with van der Waals surface area (Å²) in [5.41, 5.74) is -0.804. The summed E-state index contributed by atoms with van der Waals surface area (Å²) in [5, 5.41) is 21.4. The molecule has 0 saturated carbocycles. The van der Waals surface area contributed by atoms with E-state index in [0.717, 1.165) is 0 Å². The van der Waals surface area contributed by atoms with Crippen LogP contribution in [0.15, 0.2) is 18.2 Å². The SMILES string of the molecule is O=C([O-])c1cc(OC(C(=O)[O-])P(=O)([O-])O)cc(OP(=O)([O-])O)c1.[Na+].[Na+].[Na+].[Na+]. The molecule has 27 heavy (non-hydrogen) atoms. The van der Waals surface area contributed by atoms with Gasteiger partial charge in [0.05, 0.1) is 11.9 Å². The summed E-state index contributed by atoms with van der Waals surface area (Å²) in [4.78, 5) is 60.1. The van der Waals surface area contributed by atoms with Crippen LogP contribution in [0.25, 0.3) is 0 Å². The van der Waals surface area contributed by atoms with Crippen molar-refractivity contribution in [3.8, 4) is 11.5 Å². The fraction of sp³-hybridized carbons (Fsp3) is 0.111. The molecule has 3 atom stereocenters. The third-order valence-electron chi connectivity index (χ3n) is 2.08. The molecule has 12 nitrogen and oxygen atoms in total. The number of carbonyl (C=O) groups excluding carboxylic acids is 2. The molecule has 0 aliphatic carbocycles. The van der Waals surface area contributed by atoms with Gasteiger partial charge in [0, 0.05) is 11.6 Å². The third kappa shape index (κ3) is 13.9. The molecule has 1 aromatic carbocycles. The second-order valence-electron chi connectivity index (χ2n) is 3.89. The van der Waals surface area contributed by atoms with E-state index in [4.69, 9.17) is 9.79 Å². The number of phosphoric ester groups is 1. The summed E-state index contributed by atoms with van der Waals surface area (Å²) in [7, 11) is -11.0. The zero-order valence-electron chi connectivity index (χ0n) is 14.7. The van der Waals surface area contributed by atoms with Gasteiger partial charge in [-0.2, -0.15) is 0 Å². The maximum absolute atomic E-state index is 10.9. The van der Waals surface area contributed by atoms with Gasteiger partial charge in [0.15, 0.2) is 7.60 Å². The predicted octanol–water partition coefficient (Wildman–Crippen LogP) is -16.1. The summed E-state index contributed by atoms with van der Waals surface area (Å²) >= 11 is 0. The fourth-order valence-electron chi connectivity index (χ4n) is 1.32. The van der Waals surface area contributed by atoms with Crippen LogP contribution in [-0.4, -0.2) is 27.6 Å². The molecule has 2 N–H and O–H groups in total. The fourth-order valence-corrected chi connectivity index (χ4v) is 2.21. The van der Waals surface area contributed by atoms with E-state index in [0.29, 0.717) is 18.2 Å². The van der Waals surface area contributed by atoms with E-state index >= 15 is 0 Å². The topological polar surface area (TPSA) is 219 Å². The van der Waals surface area contributed by atoms with E-state index in [1.54, 1.807) is 0 Å². The predicted molar refractivity (Wildman–Crippen MR) is 60.5 cm³/mol. The minimum atomic E-state index is -5.60. The van der Waals surface area contributed by atoms with Crippen LogP contribution in [0, 0.1) is 0 Å². The molecule has 0 spiro atoms. The van der Waals surface area contributed by atoms with Crippen molar-refractivity contribution in [3.63, 3.8) is 0 Å². The monoisotopic (exact) mass is 460 g/mol. The average Bonchev–Trinajstić information content (AvgIpc) is 2.31. The molecule has 0 heterocycles. The Morgan fingerprint density at radius 2 is 1.37 bits per heavy atom. The Morgan fingerprint density at radius 1 is 0.926 bits per heavy atom. The third-order valence-corrected chi connectivity index (χ3v) is 3.43. The second-order valence-corrected chi connectivity index (χ2v) is 6.61. The Hall–Kier alpha value is 2.06. The Bertz CT molecular complexity index is 732. The Kier molecular flexibility index (Phi) is 20.2. The van der Waals surface area contributed by atoms with Gasteiger partial charge < -0.3 is 53.2 Å². The van der Waals surface area contributed by atoms with Crippen molar-refractivity contribution < 1.29 is 176 Å². The summed E-state index contributed by atoms with van der Waals surface area (Å²) in [6, 6.07) is 1.66. The van der Waals surface area contributed by atoms with Crippen LogP contribution in [0.5, 0.6) is 11.5 Å². The number of carboxylic acids is 2. The largest absolute Gasteiger partial charge is 1.00 e. The summed E-state index contributed by atoms with van der Waals surface area (Å²) in [6.45, 7) is 0. The van der Waals surface area contributed by atoms with Crippen molar-refractivity contribution in [1.29, 1.82) is 0 Å². The van der Waals surface area contributed by atoms with Crippen molar-refractivity contribution >= 4 is 27.4 Å². The number of carboxylic acid groups (broad SMARTS) is 2. The van der Waals surface area contributed by atoms with Gasteiger partial charge in [-0.05, 0) is 12.1 Å². The van der Waals surface area contributed by atoms with Crippen molar-refractivity contribution in [1.82, 2.24) is 0 Å². The molecule has 3 unspecified atom stereocenters. The van der Waals surface area contributed by atoms with Gasteiger partial charge in [-0.15, -0.1) is 0 Å². The molecule has 0 amide bonds. The first-order valence-corrected chi connectivity index (χ1v) is 8.44. The molecular formula is C9H6Na4O12P2. The summed E-state index contributed by atoms with van der Waals surface area (Å²) < 4.78 is 29.8. The second kappa shape index (κ2) is 15.0. The van der Waals surface area contributed by atoms with Crippen molar-refractivity contribution in [2.45, 2.75) is 5.85 Å². The minimum absolute atomic E-state index is 0. The number of aliphatic carboxylic acids is 1. The number of rotatable bonds is 7. The number of ether oxygens (including phenoxy) is 1. The summed E-state index contributed by atoms with van der Waals surface area (Å²) in [5.74, 6) is -8.85. The van der Waals surface area contributed by atoms with Crippen molar-refractivity contribution in [3.05, 3.63) is 23.8 Å². The first-order valence-electron chi connectivity index (χ1n) is 5.30. The normalized spacial score (nSPS) is 14.8. The number of benzene rings is 1. The molecule has 1 rings (SSSR count). The molecule has 1 aromatic rings. The average molecular weight is 460 g/mol. The van der Waals surface area contributed by atoms with Gasteiger partial charge in [-0.3, -0.25) is 4.57 Å². The Morgan fingerprint density at radius 3 is 1.70 bits per heavy atom. The zero-order valence-corrected chi connectivity index (χ0v) is 24.5. The molecular weight excluding hydrogens is 454 g/mol. The van der Waals surface area contributed by atoms with E-state index in [2.05, 4.69) is 9.26 Å². The number of aromatic carboxylic acids is 1. The van der Waals surface area contributed by atoms with Crippen molar-refractivity contribution in [2.75, 3.05) is 0 Å². The van der Waals surface area contributed by atoms with Gasteiger partial charge in [-0.1, -0.05) is 0 Å². The van der Waals surface area contributed by atoms with Crippen LogP contribution in [0.1, 0.15) is 10.4 Å². The van der Waals surface area contributed by atoms with E-state index in [9.17, 15) is 38.7 Å². The smallest absolute Gasteiger partial charge is 0.776 e. The molecule has 0 radical (unpaired) electrons. The van der Waals surface area contributed by atoms with Gasteiger partial charge >= 0.3 is 126 Å². The van der Waals surface area contributed by atoms with Gasteiger partial charge in [0.2, 0.25) is 5.85 Å². The number of carbonyl (C=O) groups is 2. The molecule has 0 aliphatic heterocycles. The minimum Gasteiger partial charge on any atom is -0.776 e. The van der Waals surface area contributed by atoms with Crippen LogP contribution in [0.3, 0.4) is 0 Å². The number of hydrogen-bond acceptors (Lipinski definition) is 10. The molecule has 18 heteroatoms. The molecule has 0 aliphatic rings. The van der Waals surface area contributed by atoms with Crippen LogP contribution in [0.2, 0.25) is 0 Å².